The Kier molecular flexibility index (Phi) is 6.16. The monoisotopic (exact) mass is 353 g/mol. The lowest BCUT2D eigenvalue weighted by atomic mass is 9.91. The first-order valence-electron chi connectivity index (χ1n) is 9.38. The summed E-state index contributed by atoms with van der Waals surface area (Å²) in [6, 6.07) is 14.0. The molecule has 3 rings (SSSR count). The van der Waals surface area contributed by atoms with E-state index in [1.54, 1.807) is 6.92 Å². The van der Waals surface area contributed by atoms with Gasteiger partial charge in [-0.1, -0.05) is 29.8 Å². The molecule has 4 heteroatoms. The van der Waals surface area contributed by atoms with Gasteiger partial charge in [-0.3, -0.25) is 4.79 Å². The van der Waals surface area contributed by atoms with Crippen LogP contribution in [0, 0.1) is 6.92 Å². The normalized spacial score (nSPS) is 14.2. The molecule has 0 saturated carbocycles. The maximum atomic E-state index is 12.3. The smallest absolute Gasteiger partial charge is 0.260 e. The molecule has 1 N–H and O–H groups in total. The molecule has 0 fully saturated rings. The molecule has 0 aliphatic heterocycles. The van der Waals surface area contributed by atoms with Gasteiger partial charge in [-0.2, -0.15) is 0 Å². The fourth-order valence-electron chi connectivity index (χ4n) is 3.22. The Bertz CT molecular complexity index is 740. The first-order valence-corrected chi connectivity index (χ1v) is 9.38. The molecule has 2 aromatic carbocycles. The Morgan fingerprint density at radius 3 is 2.69 bits per heavy atom. The number of hydrogen-bond donors (Lipinski definition) is 1. The summed E-state index contributed by atoms with van der Waals surface area (Å²) in [5.41, 5.74) is 3.81. The third-order valence-electron chi connectivity index (χ3n) is 4.72. The van der Waals surface area contributed by atoms with Gasteiger partial charge >= 0.3 is 0 Å². The minimum atomic E-state index is -0.525. The molecule has 2 aromatic rings. The number of nitrogens with one attached hydrogen (secondary N) is 1. The van der Waals surface area contributed by atoms with Crippen LogP contribution in [0.4, 0.5) is 0 Å². The summed E-state index contributed by atoms with van der Waals surface area (Å²) in [5, 5.41) is 2.88. The summed E-state index contributed by atoms with van der Waals surface area (Å²) in [6.07, 6.45) is 4.02. The van der Waals surface area contributed by atoms with Crippen molar-refractivity contribution in [1.82, 2.24) is 5.32 Å². The number of carbonyl (C=O) groups is 1. The molecule has 0 unspecified atom stereocenters. The highest BCUT2D eigenvalue weighted by Gasteiger charge is 2.19. The predicted molar refractivity (Wildman–Crippen MR) is 103 cm³/mol. The standard InChI is InChI=1S/C22H27NO3/c1-16-10-12-19(13-11-16)25-15-14-23-22(24)17(2)26-21-9-5-7-18-6-3-4-8-20(18)21/h5,7,9-13,17H,3-4,6,8,14-15H2,1-2H3,(H,23,24)/t17-/m0/s1. The summed E-state index contributed by atoms with van der Waals surface area (Å²) < 4.78 is 11.6. The first kappa shape index (κ1) is 18.3. The number of rotatable bonds is 7. The molecule has 1 aliphatic rings. The van der Waals surface area contributed by atoms with Crippen molar-refractivity contribution in [2.75, 3.05) is 13.2 Å². The van der Waals surface area contributed by atoms with Crippen molar-refractivity contribution in [3.8, 4) is 11.5 Å². The van der Waals surface area contributed by atoms with Gasteiger partial charge in [0.15, 0.2) is 6.10 Å². The van der Waals surface area contributed by atoms with Crippen molar-refractivity contribution in [3.05, 3.63) is 59.2 Å². The van der Waals surface area contributed by atoms with Crippen LogP contribution in [-0.2, 0) is 17.6 Å². The van der Waals surface area contributed by atoms with Crippen LogP contribution in [0.1, 0.15) is 36.5 Å². The Balaban J connectivity index is 1.45. The highest BCUT2D eigenvalue weighted by molar-refractivity contribution is 5.80. The molecule has 0 radical (unpaired) electrons. The van der Waals surface area contributed by atoms with Crippen molar-refractivity contribution >= 4 is 5.91 Å². The zero-order valence-electron chi connectivity index (χ0n) is 15.6. The average molecular weight is 353 g/mol. The largest absolute Gasteiger partial charge is 0.492 e. The van der Waals surface area contributed by atoms with E-state index in [-0.39, 0.29) is 5.91 Å². The Morgan fingerprint density at radius 2 is 1.88 bits per heavy atom. The van der Waals surface area contributed by atoms with E-state index in [1.165, 1.54) is 29.5 Å². The number of fused-ring (bicyclic) bond motifs is 1. The molecule has 0 bridgehead atoms. The van der Waals surface area contributed by atoms with E-state index in [4.69, 9.17) is 9.47 Å². The molecule has 0 aromatic heterocycles. The Labute approximate surface area is 155 Å². The van der Waals surface area contributed by atoms with Gasteiger partial charge in [-0.05, 0) is 68.9 Å². The Hall–Kier alpha value is -2.49. The molecular weight excluding hydrogens is 326 g/mol. The van der Waals surface area contributed by atoms with Crippen LogP contribution in [0.25, 0.3) is 0 Å². The number of hydrogen-bond acceptors (Lipinski definition) is 3. The SMILES string of the molecule is Cc1ccc(OCCNC(=O)[C@H](C)Oc2cccc3c2CCCC3)cc1. The zero-order valence-corrected chi connectivity index (χ0v) is 15.6. The van der Waals surface area contributed by atoms with Gasteiger partial charge in [-0.25, -0.2) is 0 Å². The van der Waals surface area contributed by atoms with E-state index in [0.29, 0.717) is 13.2 Å². The van der Waals surface area contributed by atoms with Crippen molar-refractivity contribution in [3.63, 3.8) is 0 Å². The summed E-state index contributed by atoms with van der Waals surface area (Å²) in [5.74, 6) is 1.54. The summed E-state index contributed by atoms with van der Waals surface area (Å²) >= 11 is 0. The molecule has 0 heterocycles. The number of aryl methyl sites for hydroxylation is 2. The average Bonchev–Trinajstić information content (AvgIpc) is 2.66. The van der Waals surface area contributed by atoms with Crippen LogP contribution < -0.4 is 14.8 Å². The third-order valence-corrected chi connectivity index (χ3v) is 4.72. The van der Waals surface area contributed by atoms with Crippen LogP contribution >= 0.6 is 0 Å². The lowest BCUT2D eigenvalue weighted by Gasteiger charge is -2.22. The van der Waals surface area contributed by atoms with Gasteiger partial charge in [-0.15, -0.1) is 0 Å². The van der Waals surface area contributed by atoms with E-state index in [2.05, 4.69) is 11.4 Å². The first-order chi connectivity index (χ1) is 12.6. The minimum absolute atomic E-state index is 0.120. The number of amides is 1. The number of benzene rings is 2. The van der Waals surface area contributed by atoms with Crippen molar-refractivity contribution in [2.24, 2.45) is 0 Å². The van der Waals surface area contributed by atoms with Crippen LogP contribution in [-0.4, -0.2) is 25.2 Å². The quantitative estimate of drug-likeness (QED) is 0.770. The van der Waals surface area contributed by atoms with E-state index in [9.17, 15) is 4.79 Å². The molecular formula is C22H27NO3. The van der Waals surface area contributed by atoms with E-state index >= 15 is 0 Å². The van der Waals surface area contributed by atoms with Crippen molar-refractivity contribution < 1.29 is 14.3 Å². The van der Waals surface area contributed by atoms with E-state index in [0.717, 1.165) is 24.3 Å². The second kappa shape index (κ2) is 8.75. The molecule has 4 nitrogen and oxygen atoms in total. The highest BCUT2D eigenvalue weighted by Crippen LogP contribution is 2.30. The molecule has 138 valence electrons. The van der Waals surface area contributed by atoms with Crippen LogP contribution in [0.5, 0.6) is 11.5 Å². The fourth-order valence-corrected chi connectivity index (χ4v) is 3.22. The lowest BCUT2D eigenvalue weighted by molar-refractivity contribution is -0.127. The second-order valence-electron chi connectivity index (χ2n) is 6.81. The van der Waals surface area contributed by atoms with Gasteiger partial charge < -0.3 is 14.8 Å². The van der Waals surface area contributed by atoms with Crippen LogP contribution in [0.3, 0.4) is 0 Å². The molecule has 1 amide bonds. The second-order valence-corrected chi connectivity index (χ2v) is 6.81. The number of carbonyl (C=O) groups excluding carboxylic acids is 1. The van der Waals surface area contributed by atoms with Crippen molar-refractivity contribution in [2.45, 2.75) is 45.6 Å². The highest BCUT2D eigenvalue weighted by atomic mass is 16.5. The van der Waals surface area contributed by atoms with Gasteiger partial charge in [0.25, 0.3) is 5.91 Å². The van der Waals surface area contributed by atoms with Gasteiger partial charge in [0.2, 0.25) is 0 Å². The molecule has 0 saturated heterocycles. The maximum Gasteiger partial charge on any atom is 0.260 e. The van der Waals surface area contributed by atoms with Crippen molar-refractivity contribution in [1.29, 1.82) is 0 Å². The third kappa shape index (κ3) is 4.78. The van der Waals surface area contributed by atoms with Crippen LogP contribution in [0.2, 0.25) is 0 Å². The summed E-state index contributed by atoms with van der Waals surface area (Å²) in [4.78, 5) is 12.3. The van der Waals surface area contributed by atoms with Gasteiger partial charge in [0, 0.05) is 0 Å². The number of ether oxygens (including phenoxy) is 2. The zero-order chi connectivity index (χ0) is 18.4. The maximum absolute atomic E-state index is 12.3. The fraction of sp³-hybridized carbons (Fsp3) is 0.409. The van der Waals surface area contributed by atoms with Crippen LogP contribution in [0.15, 0.2) is 42.5 Å². The predicted octanol–water partition coefficient (Wildman–Crippen LogP) is 3.84. The van der Waals surface area contributed by atoms with Gasteiger partial charge in [0.05, 0.1) is 6.54 Å². The topological polar surface area (TPSA) is 47.6 Å². The van der Waals surface area contributed by atoms with E-state index in [1.807, 2.05) is 43.3 Å². The molecule has 26 heavy (non-hydrogen) atoms. The summed E-state index contributed by atoms with van der Waals surface area (Å²) in [7, 11) is 0. The van der Waals surface area contributed by atoms with E-state index < -0.39 is 6.10 Å². The van der Waals surface area contributed by atoms with Gasteiger partial charge in [0.1, 0.15) is 18.1 Å². The molecule has 1 atom stereocenters. The minimum Gasteiger partial charge on any atom is -0.492 e. The molecule has 0 spiro atoms. The summed E-state index contributed by atoms with van der Waals surface area (Å²) in [6.45, 7) is 4.71. The lowest BCUT2D eigenvalue weighted by Crippen LogP contribution is -2.38. The Morgan fingerprint density at radius 1 is 1.12 bits per heavy atom. The molecule has 1 aliphatic carbocycles.